The molecule has 0 fully saturated rings. The van der Waals surface area contributed by atoms with E-state index in [1.807, 2.05) is 0 Å². The fourth-order valence-corrected chi connectivity index (χ4v) is 4.97. The Hall–Kier alpha value is -0.790. The first-order valence-corrected chi connectivity index (χ1v) is 15.2. The van der Waals surface area contributed by atoms with Crippen molar-refractivity contribution in [3.63, 3.8) is 0 Å². The quantitative estimate of drug-likeness (QED) is 0.0740. The fraction of sp³-hybridized carbons (Fsp3) is 0.906. The van der Waals surface area contributed by atoms with Gasteiger partial charge in [-0.3, -0.25) is 0 Å². The predicted molar refractivity (Wildman–Crippen MR) is 151 cm³/mol. The first kappa shape index (κ1) is 33.2. The molecular weight excluding hydrogens is 416 g/mol. The topological polar surface area (TPSA) is 26.3 Å². The molecule has 3 unspecified atom stereocenters. The lowest BCUT2D eigenvalue weighted by atomic mass is 9.91. The predicted octanol–water partition coefficient (Wildman–Crippen LogP) is 10.8. The van der Waals surface area contributed by atoms with Crippen LogP contribution in [0.2, 0.25) is 0 Å². The number of carbonyl (C=O) groups excluding carboxylic acids is 1. The molecule has 3 atom stereocenters. The largest absolute Gasteiger partial charge is 0.462 e. The molecule has 202 valence electrons. The molecule has 0 aromatic rings. The van der Waals surface area contributed by atoms with Gasteiger partial charge in [0.25, 0.3) is 0 Å². The van der Waals surface area contributed by atoms with Gasteiger partial charge in [-0.1, -0.05) is 150 Å². The highest BCUT2D eigenvalue weighted by Gasteiger charge is 2.14. The van der Waals surface area contributed by atoms with Crippen molar-refractivity contribution in [1.82, 2.24) is 0 Å². The summed E-state index contributed by atoms with van der Waals surface area (Å²) in [5.41, 5.74) is 0.513. The number of hydrogen-bond acceptors (Lipinski definition) is 2. The zero-order chi connectivity index (χ0) is 25.4. The van der Waals surface area contributed by atoms with Crippen LogP contribution >= 0.6 is 0 Å². The number of rotatable bonds is 25. The van der Waals surface area contributed by atoms with Crippen molar-refractivity contribution in [3.05, 3.63) is 12.2 Å². The average Bonchev–Trinajstić information content (AvgIpc) is 2.81. The standard InChI is InChI=1S/C32H62O2/c1-7-9-11-13-16-21-29(5)23-18-15-19-25-31(27-34-32(33)28(3)4)26-20-24-30(6)22-17-14-12-10-8-2/h29-31H,3,7-27H2,1-2,4-6H3. The van der Waals surface area contributed by atoms with Gasteiger partial charge in [0.15, 0.2) is 0 Å². The second-order valence-corrected chi connectivity index (χ2v) is 11.4. The molecule has 0 radical (unpaired) electrons. The Bertz CT molecular complexity index is 470. The minimum Gasteiger partial charge on any atom is -0.462 e. The number of ether oxygens (including phenoxy) is 1. The summed E-state index contributed by atoms with van der Waals surface area (Å²) < 4.78 is 5.55. The number of esters is 1. The summed E-state index contributed by atoms with van der Waals surface area (Å²) in [6, 6.07) is 0. The first-order valence-electron chi connectivity index (χ1n) is 15.2. The molecule has 34 heavy (non-hydrogen) atoms. The van der Waals surface area contributed by atoms with Gasteiger partial charge in [-0.25, -0.2) is 4.79 Å². The molecule has 0 aromatic heterocycles. The van der Waals surface area contributed by atoms with Gasteiger partial charge in [0, 0.05) is 5.57 Å². The van der Waals surface area contributed by atoms with E-state index in [2.05, 4.69) is 34.3 Å². The summed E-state index contributed by atoms with van der Waals surface area (Å²) in [4.78, 5) is 11.9. The third-order valence-corrected chi connectivity index (χ3v) is 7.52. The second-order valence-electron chi connectivity index (χ2n) is 11.4. The molecule has 0 amide bonds. The molecule has 0 aliphatic heterocycles. The molecular formula is C32H62O2. The Morgan fingerprint density at radius 3 is 1.47 bits per heavy atom. The van der Waals surface area contributed by atoms with Gasteiger partial charge in [0.2, 0.25) is 0 Å². The van der Waals surface area contributed by atoms with Crippen LogP contribution in [0.4, 0.5) is 0 Å². The van der Waals surface area contributed by atoms with Crippen molar-refractivity contribution in [1.29, 1.82) is 0 Å². The maximum absolute atomic E-state index is 11.9. The third kappa shape index (κ3) is 21.7. The van der Waals surface area contributed by atoms with Crippen LogP contribution in [0.3, 0.4) is 0 Å². The molecule has 0 saturated heterocycles. The fourth-order valence-electron chi connectivity index (χ4n) is 4.97. The highest BCUT2D eigenvalue weighted by molar-refractivity contribution is 5.86. The lowest BCUT2D eigenvalue weighted by Gasteiger charge is -2.19. The summed E-state index contributed by atoms with van der Waals surface area (Å²) >= 11 is 0. The highest BCUT2D eigenvalue weighted by Crippen LogP contribution is 2.23. The van der Waals surface area contributed by atoms with Crippen LogP contribution in [0.15, 0.2) is 12.2 Å². The van der Waals surface area contributed by atoms with E-state index in [0.29, 0.717) is 18.1 Å². The van der Waals surface area contributed by atoms with Crippen LogP contribution in [0.1, 0.15) is 163 Å². The second kappa shape index (κ2) is 23.9. The monoisotopic (exact) mass is 478 g/mol. The average molecular weight is 479 g/mol. The maximum Gasteiger partial charge on any atom is 0.333 e. The van der Waals surface area contributed by atoms with E-state index in [-0.39, 0.29) is 5.97 Å². The van der Waals surface area contributed by atoms with Crippen molar-refractivity contribution >= 4 is 5.97 Å². The van der Waals surface area contributed by atoms with Crippen LogP contribution in [-0.4, -0.2) is 12.6 Å². The molecule has 0 heterocycles. The van der Waals surface area contributed by atoms with Crippen LogP contribution in [0.5, 0.6) is 0 Å². The SMILES string of the molecule is C=C(C)C(=O)OCC(CCCCCC(C)CCCCCCC)CCCC(C)CCCCCCC. The van der Waals surface area contributed by atoms with Gasteiger partial charge in [0.1, 0.15) is 0 Å². The van der Waals surface area contributed by atoms with E-state index in [9.17, 15) is 4.79 Å². The summed E-state index contributed by atoms with van der Waals surface area (Å²) in [6.45, 7) is 15.5. The maximum atomic E-state index is 11.9. The summed E-state index contributed by atoms with van der Waals surface area (Å²) in [6.07, 6.45) is 26.9. The summed E-state index contributed by atoms with van der Waals surface area (Å²) in [7, 11) is 0. The van der Waals surface area contributed by atoms with Gasteiger partial charge in [0.05, 0.1) is 6.61 Å². The molecule has 0 bridgehead atoms. The molecule has 0 spiro atoms. The Morgan fingerprint density at radius 1 is 0.618 bits per heavy atom. The molecule has 0 aromatic carbocycles. The van der Waals surface area contributed by atoms with Gasteiger partial charge >= 0.3 is 5.97 Å². The highest BCUT2D eigenvalue weighted by atomic mass is 16.5. The zero-order valence-electron chi connectivity index (χ0n) is 24.1. The van der Waals surface area contributed by atoms with E-state index in [0.717, 1.165) is 11.8 Å². The van der Waals surface area contributed by atoms with Gasteiger partial charge in [-0.2, -0.15) is 0 Å². The Morgan fingerprint density at radius 2 is 1.00 bits per heavy atom. The molecule has 0 saturated carbocycles. The Kier molecular flexibility index (Phi) is 23.4. The van der Waals surface area contributed by atoms with E-state index in [1.165, 1.54) is 128 Å². The minimum absolute atomic E-state index is 0.224. The summed E-state index contributed by atoms with van der Waals surface area (Å²) in [5, 5.41) is 0. The molecule has 0 aliphatic rings. The van der Waals surface area contributed by atoms with Gasteiger partial charge in [-0.15, -0.1) is 0 Å². The molecule has 0 aliphatic carbocycles. The molecule has 0 N–H and O–H groups in total. The normalized spacial score (nSPS) is 14.0. The third-order valence-electron chi connectivity index (χ3n) is 7.52. The van der Waals surface area contributed by atoms with Crippen LogP contribution in [0, 0.1) is 17.8 Å². The Labute approximate surface area is 215 Å². The first-order chi connectivity index (χ1) is 16.4. The lowest BCUT2D eigenvalue weighted by Crippen LogP contribution is -2.15. The minimum atomic E-state index is -0.224. The van der Waals surface area contributed by atoms with Crippen molar-refractivity contribution < 1.29 is 9.53 Å². The zero-order valence-corrected chi connectivity index (χ0v) is 24.1. The van der Waals surface area contributed by atoms with Gasteiger partial charge < -0.3 is 4.74 Å². The van der Waals surface area contributed by atoms with E-state index in [4.69, 9.17) is 4.74 Å². The smallest absolute Gasteiger partial charge is 0.333 e. The van der Waals surface area contributed by atoms with E-state index >= 15 is 0 Å². The number of unbranched alkanes of at least 4 members (excludes halogenated alkanes) is 10. The van der Waals surface area contributed by atoms with Crippen molar-refractivity contribution in [3.8, 4) is 0 Å². The molecule has 0 rings (SSSR count). The van der Waals surface area contributed by atoms with Gasteiger partial charge in [-0.05, 0) is 37.5 Å². The van der Waals surface area contributed by atoms with Crippen LogP contribution in [-0.2, 0) is 9.53 Å². The number of carbonyl (C=O) groups is 1. The number of hydrogen-bond donors (Lipinski definition) is 0. The Balaban J connectivity index is 4.11. The summed E-state index contributed by atoms with van der Waals surface area (Å²) in [5.74, 6) is 1.98. The van der Waals surface area contributed by atoms with Crippen LogP contribution < -0.4 is 0 Å². The van der Waals surface area contributed by atoms with Crippen molar-refractivity contribution in [2.45, 2.75) is 163 Å². The molecule has 2 heteroatoms. The van der Waals surface area contributed by atoms with E-state index < -0.39 is 0 Å². The molecule has 2 nitrogen and oxygen atoms in total. The van der Waals surface area contributed by atoms with Crippen LogP contribution in [0.25, 0.3) is 0 Å². The lowest BCUT2D eigenvalue weighted by molar-refractivity contribution is -0.140. The van der Waals surface area contributed by atoms with Crippen molar-refractivity contribution in [2.24, 2.45) is 17.8 Å². The van der Waals surface area contributed by atoms with Crippen molar-refractivity contribution in [2.75, 3.05) is 6.61 Å². The van der Waals surface area contributed by atoms with E-state index in [1.54, 1.807) is 6.92 Å².